The van der Waals surface area contributed by atoms with Crippen molar-refractivity contribution in [2.24, 2.45) is 0 Å². The average Bonchev–Trinajstić information content (AvgIpc) is 2.54. The molecule has 1 saturated heterocycles. The minimum atomic E-state index is -1.65. The third-order valence-corrected chi connectivity index (χ3v) is 3.08. The zero-order chi connectivity index (χ0) is 12.3. The molecule has 16 heavy (non-hydrogen) atoms. The van der Waals surface area contributed by atoms with Gasteiger partial charge in [-0.15, -0.1) is 11.6 Å². The number of carboxylic acid groups (broad SMARTS) is 2. The summed E-state index contributed by atoms with van der Waals surface area (Å²) >= 11 is 5.46. The van der Waals surface area contributed by atoms with Crippen LogP contribution in [-0.4, -0.2) is 51.3 Å². The molecule has 1 rings (SSSR count). The van der Waals surface area contributed by atoms with Crippen LogP contribution in [-0.2, 0) is 4.79 Å². The van der Waals surface area contributed by atoms with E-state index in [1.54, 1.807) is 0 Å². The zero-order valence-corrected chi connectivity index (χ0v) is 9.28. The van der Waals surface area contributed by atoms with Gasteiger partial charge in [0.1, 0.15) is 11.7 Å². The lowest BCUT2D eigenvalue weighted by atomic mass is 9.90. The van der Waals surface area contributed by atoms with Crippen molar-refractivity contribution in [2.75, 3.05) is 12.4 Å². The van der Waals surface area contributed by atoms with Crippen molar-refractivity contribution in [3.8, 4) is 0 Å². The Kier molecular flexibility index (Phi) is 3.96. The second-order valence-electron chi connectivity index (χ2n) is 3.82. The molecule has 0 aromatic rings. The second kappa shape index (κ2) is 4.86. The van der Waals surface area contributed by atoms with Gasteiger partial charge in [-0.1, -0.05) is 0 Å². The van der Waals surface area contributed by atoms with Crippen LogP contribution >= 0.6 is 11.6 Å². The van der Waals surface area contributed by atoms with Crippen molar-refractivity contribution < 1.29 is 24.2 Å². The number of carboxylic acids is 1. The van der Waals surface area contributed by atoms with E-state index in [4.69, 9.17) is 21.8 Å². The molecule has 2 atom stereocenters. The predicted octanol–water partition coefficient (Wildman–Crippen LogP) is 1.55. The van der Waals surface area contributed by atoms with E-state index in [-0.39, 0.29) is 25.3 Å². The van der Waals surface area contributed by atoms with Crippen LogP contribution in [0.3, 0.4) is 0 Å². The summed E-state index contributed by atoms with van der Waals surface area (Å²) in [6.07, 6.45) is -2.76. The number of hydrogen-bond acceptors (Lipinski definition) is 2. The first-order chi connectivity index (χ1) is 7.44. The van der Waals surface area contributed by atoms with Crippen LogP contribution in [0.1, 0.15) is 19.3 Å². The molecule has 0 saturated carbocycles. The summed E-state index contributed by atoms with van der Waals surface area (Å²) in [6.45, 7) is -0.385. The van der Waals surface area contributed by atoms with Gasteiger partial charge in [-0.3, -0.25) is 4.90 Å². The molecule has 0 spiro atoms. The van der Waals surface area contributed by atoms with Crippen molar-refractivity contribution >= 4 is 23.7 Å². The number of hydrogen-bond donors (Lipinski definition) is 2. The molecule has 1 aliphatic rings. The summed E-state index contributed by atoms with van der Waals surface area (Å²) in [7, 11) is 0. The summed E-state index contributed by atoms with van der Waals surface area (Å²) < 4.78 is 13.2. The summed E-state index contributed by atoms with van der Waals surface area (Å²) in [5.41, 5.74) is -1.65. The highest BCUT2D eigenvalue weighted by Gasteiger charge is 2.53. The first kappa shape index (κ1) is 13.0. The van der Waals surface area contributed by atoms with E-state index >= 15 is 0 Å². The molecule has 1 aliphatic heterocycles. The molecule has 1 fully saturated rings. The Morgan fingerprint density at radius 1 is 1.50 bits per heavy atom. The van der Waals surface area contributed by atoms with Crippen molar-refractivity contribution in [3.63, 3.8) is 0 Å². The first-order valence-electron chi connectivity index (χ1n) is 4.88. The number of carbonyl (C=O) groups is 2. The lowest BCUT2D eigenvalue weighted by Gasteiger charge is -2.32. The third kappa shape index (κ3) is 2.21. The number of likely N-dealkylation sites (tertiary alicyclic amines) is 1. The van der Waals surface area contributed by atoms with Gasteiger partial charge in [0.2, 0.25) is 0 Å². The van der Waals surface area contributed by atoms with Gasteiger partial charge in [-0.25, -0.2) is 14.0 Å². The van der Waals surface area contributed by atoms with Crippen molar-refractivity contribution in [2.45, 2.75) is 31.0 Å². The van der Waals surface area contributed by atoms with Gasteiger partial charge >= 0.3 is 12.1 Å². The van der Waals surface area contributed by atoms with Gasteiger partial charge < -0.3 is 10.2 Å². The molecular weight excluding hydrogens is 241 g/mol. The molecule has 5 nitrogen and oxygen atoms in total. The Labute approximate surface area is 96.8 Å². The third-order valence-electron chi connectivity index (χ3n) is 2.81. The summed E-state index contributed by atoms with van der Waals surface area (Å²) in [5.74, 6) is -1.08. The number of rotatable bonds is 4. The van der Waals surface area contributed by atoms with Gasteiger partial charge in [-0.2, -0.15) is 0 Å². The summed E-state index contributed by atoms with van der Waals surface area (Å²) in [4.78, 5) is 22.7. The Hall–Kier alpha value is -1.04. The molecule has 92 valence electrons. The maximum atomic E-state index is 13.2. The Bertz CT molecular complexity index is 301. The molecule has 0 radical (unpaired) electrons. The van der Waals surface area contributed by atoms with Crippen LogP contribution in [0.2, 0.25) is 0 Å². The molecule has 1 unspecified atom stereocenters. The van der Waals surface area contributed by atoms with Crippen molar-refractivity contribution in [3.05, 3.63) is 0 Å². The van der Waals surface area contributed by atoms with Crippen LogP contribution in [0.4, 0.5) is 9.18 Å². The van der Waals surface area contributed by atoms with E-state index in [0.29, 0.717) is 11.3 Å². The molecular formula is C9H13ClFNO4. The topological polar surface area (TPSA) is 77.8 Å². The first-order valence-corrected chi connectivity index (χ1v) is 5.41. The van der Waals surface area contributed by atoms with Crippen LogP contribution in [0, 0.1) is 0 Å². The van der Waals surface area contributed by atoms with Gasteiger partial charge in [0.25, 0.3) is 0 Å². The number of amides is 1. The number of nitrogens with zero attached hydrogens (tertiary/aromatic N) is 1. The van der Waals surface area contributed by atoms with Crippen LogP contribution in [0.25, 0.3) is 0 Å². The fourth-order valence-corrected chi connectivity index (χ4v) is 2.21. The fraction of sp³-hybridized carbons (Fsp3) is 0.778. The van der Waals surface area contributed by atoms with E-state index in [2.05, 4.69) is 0 Å². The number of alkyl halides is 2. The normalized spacial score (nSPS) is 29.4. The second-order valence-corrected chi connectivity index (χ2v) is 4.20. The van der Waals surface area contributed by atoms with Gasteiger partial charge in [-0.05, 0) is 12.8 Å². The van der Waals surface area contributed by atoms with Gasteiger partial charge in [0.15, 0.2) is 0 Å². The number of halogens is 2. The molecule has 0 aromatic heterocycles. The van der Waals surface area contributed by atoms with Gasteiger partial charge in [0, 0.05) is 12.3 Å². The lowest BCUT2D eigenvalue weighted by Crippen LogP contribution is -2.52. The van der Waals surface area contributed by atoms with E-state index in [0.717, 1.165) is 0 Å². The molecule has 0 aromatic carbocycles. The van der Waals surface area contributed by atoms with Gasteiger partial charge in [0.05, 0.1) is 6.54 Å². The largest absolute Gasteiger partial charge is 0.479 e. The predicted molar refractivity (Wildman–Crippen MR) is 54.6 cm³/mol. The van der Waals surface area contributed by atoms with Crippen LogP contribution < -0.4 is 0 Å². The van der Waals surface area contributed by atoms with E-state index in [1.165, 1.54) is 0 Å². The zero-order valence-electron chi connectivity index (χ0n) is 8.53. The Morgan fingerprint density at radius 2 is 2.12 bits per heavy atom. The van der Waals surface area contributed by atoms with Crippen LogP contribution in [0.5, 0.6) is 0 Å². The van der Waals surface area contributed by atoms with Crippen LogP contribution in [0.15, 0.2) is 0 Å². The molecule has 0 bridgehead atoms. The maximum absolute atomic E-state index is 13.2. The molecule has 1 heterocycles. The minimum Gasteiger partial charge on any atom is -0.479 e. The van der Waals surface area contributed by atoms with E-state index in [9.17, 15) is 14.0 Å². The van der Waals surface area contributed by atoms with Crippen molar-refractivity contribution in [1.29, 1.82) is 0 Å². The highest BCUT2D eigenvalue weighted by atomic mass is 35.5. The van der Waals surface area contributed by atoms with E-state index < -0.39 is 23.8 Å². The molecule has 1 amide bonds. The number of aliphatic carboxylic acids is 1. The minimum absolute atomic E-state index is 0.0402. The molecule has 2 N–H and O–H groups in total. The quantitative estimate of drug-likeness (QED) is 0.745. The Balaban J connectivity index is 2.96. The van der Waals surface area contributed by atoms with Crippen molar-refractivity contribution in [1.82, 2.24) is 4.90 Å². The smallest absolute Gasteiger partial charge is 0.408 e. The lowest BCUT2D eigenvalue weighted by molar-refractivity contribution is -0.149. The highest BCUT2D eigenvalue weighted by molar-refractivity contribution is 6.17. The summed E-state index contributed by atoms with van der Waals surface area (Å²) in [6, 6.07) is 0. The Morgan fingerprint density at radius 3 is 2.56 bits per heavy atom. The fourth-order valence-electron chi connectivity index (χ4n) is 2.08. The summed E-state index contributed by atoms with van der Waals surface area (Å²) in [5, 5.41) is 18.0. The van der Waals surface area contributed by atoms with E-state index in [1.807, 2.05) is 0 Å². The monoisotopic (exact) mass is 253 g/mol. The average molecular weight is 254 g/mol. The molecule has 0 aliphatic carbocycles. The standard InChI is InChI=1S/C9H13ClFNO4/c10-3-1-2-9(7(13)14)4-6(11)5-12(9)8(15)16/h6H,1-5H2,(H,13,14)(H,15,16)/t6-,9?/m1/s1. The SMILES string of the molecule is O=C(O)N1C[C@H](F)CC1(CCCCl)C(=O)O. The molecule has 7 heteroatoms. The maximum Gasteiger partial charge on any atom is 0.408 e. The highest BCUT2D eigenvalue weighted by Crippen LogP contribution is 2.35.